The summed E-state index contributed by atoms with van der Waals surface area (Å²) >= 11 is 0. The molecule has 3 aromatic heterocycles. The molecule has 134 valence electrons. The van der Waals surface area contributed by atoms with Crippen LogP contribution in [0.3, 0.4) is 0 Å². The molecule has 1 aliphatic carbocycles. The van der Waals surface area contributed by atoms with Gasteiger partial charge in [0.1, 0.15) is 11.6 Å². The lowest BCUT2D eigenvalue weighted by Gasteiger charge is -2.13. The number of hydrogen-bond donors (Lipinski definition) is 1. The van der Waals surface area contributed by atoms with E-state index in [0.29, 0.717) is 6.54 Å². The Bertz CT molecular complexity index is 1120. The largest absolute Gasteiger partial charge is 0.366 e. The molecule has 5 rings (SSSR count). The van der Waals surface area contributed by atoms with Crippen molar-refractivity contribution < 1.29 is 4.39 Å². The standard InChI is InChI=1S/C21H18FN5/c22-16-6-1-5-15(10-16)19-11-20-25-18-8-2-7-17(18)21(27(20)26-19)24-13-14-4-3-9-23-12-14/h1,3-6,9-12,24H,2,7-8,13H2. The Morgan fingerprint density at radius 1 is 1.11 bits per heavy atom. The molecule has 3 heterocycles. The molecule has 1 aliphatic rings. The summed E-state index contributed by atoms with van der Waals surface area (Å²) in [5, 5.41) is 8.25. The molecule has 1 N–H and O–H groups in total. The number of anilines is 1. The van der Waals surface area contributed by atoms with Gasteiger partial charge in [-0.1, -0.05) is 18.2 Å². The Kier molecular flexibility index (Phi) is 3.81. The zero-order valence-electron chi connectivity index (χ0n) is 14.7. The van der Waals surface area contributed by atoms with Crippen molar-refractivity contribution in [3.05, 3.63) is 77.5 Å². The van der Waals surface area contributed by atoms with Crippen LogP contribution in [0, 0.1) is 5.82 Å². The van der Waals surface area contributed by atoms with Crippen LogP contribution in [-0.4, -0.2) is 19.6 Å². The number of hydrogen-bond acceptors (Lipinski definition) is 4. The normalized spacial score (nSPS) is 13.1. The molecular weight excluding hydrogens is 341 g/mol. The molecular formula is C21H18FN5. The van der Waals surface area contributed by atoms with Crippen LogP contribution in [0.2, 0.25) is 0 Å². The minimum Gasteiger partial charge on any atom is -0.366 e. The number of fused-ring (bicyclic) bond motifs is 2. The second kappa shape index (κ2) is 6.46. The van der Waals surface area contributed by atoms with E-state index in [-0.39, 0.29) is 5.82 Å². The van der Waals surface area contributed by atoms with Crippen molar-refractivity contribution in [1.82, 2.24) is 19.6 Å². The van der Waals surface area contributed by atoms with Crippen LogP contribution in [-0.2, 0) is 19.4 Å². The number of rotatable bonds is 4. The van der Waals surface area contributed by atoms with Crippen molar-refractivity contribution in [2.45, 2.75) is 25.8 Å². The first kappa shape index (κ1) is 15.9. The Hall–Kier alpha value is -3.28. The highest BCUT2D eigenvalue weighted by atomic mass is 19.1. The van der Waals surface area contributed by atoms with Crippen molar-refractivity contribution in [3.8, 4) is 11.3 Å². The molecule has 0 aliphatic heterocycles. The van der Waals surface area contributed by atoms with Gasteiger partial charge in [0.25, 0.3) is 0 Å². The number of aryl methyl sites for hydroxylation is 1. The molecule has 0 amide bonds. The van der Waals surface area contributed by atoms with Gasteiger partial charge in [-0.3, -0.25) is 4.98 Å². The van der Waals surface area contributed by atoms with Gasteiger partial charge in [-0.05, 0) is 43.0 Å². The van der Waals surface area contributed by atoms with Gasteiger partial charge < -0.3 is 5.32 Å². The van der Waals surface area contributed by atoms with E-state index in [1.807, 2.05) is 35.0 Å². The number of pyridine rings is 1. The Balaban J connectivity index is 1.59. The van der Waals surface area contributed by atoms with Crippen LogP contribution in [0.15, 0.2) is 54.9 Å². The summed E-state index contributed by atoms with van der Waals surface area (Å²) in [5.74, 6) is 0.703. The summed E-state index contributed by atoms with van der Waals surface area (Å²) in [5.41, 5.74) is 5.70. The first-order chi connectivity index (χ1) is 13.3. The van der Waals surface area contributed by atoms with E-state index in [2.05, 4.69) is 10.3 Å². The van der Waals surface area contributed by atoms with Gasteiger partial charge in [0.2, 0.25) is 0 Å². The molecule has 4 aromatic rings. The SMILES string of the molecule is Fc1cccc(-c2cc3nc4c(c(NCc5cccnc5)n3n2)CCC4)c1. The lowest BCUT2D eigenvalue weighted by atomic mass is 10.1. The molecule has 0 saturated carbocycles. The number of benzene rings is 1. The monoisotopic (exact) mass is 359 g/mol. The van der Waals surface area contributed by atoms with Crippen molar-refractivity contribution in [3.63, 3.8) is 0 Å². The predicted molar refractivity (Wildman–Crippen MR) is 102 cm³/mol. The average molecular weight is 359 g/mol. The van der Waals surface area contributed by atoms with Gasteiger partial charge in [-0.2, -0.15) is 9.61 Å². The van der Waals surface area contributed by atoms with Crippen LogP contribution in [0.4, 0.5) is 10.2 Å². The molecule has 0 spiro atoms. The minimum atomic E-state index is -0.269. The number of nitrogens with zero attached hydrogens (tertiary/aromatic N) is 4. The van der Waals surface area contributed by atoms with Gasteiger partial charge in [-0.15, -0.1) is 0 Å². The van der Waals surface area contributed by atoms with E-state index in [1.165, 1.54) is 17.7 Å². The van der Waals surface area contributed by atoms with Crippen LogP contribution in [0.5, 0.6) is 0 Å². The molecule has 0 unspecified atom stereocenters. The molecule has 0 atom stereocenters. The first-order valence-electron chi connectivity index (χ1n) is 9.08. The zero-order valence-corrected chi connectivity index (χ0v) is 14.7. The summed E-state index contributed by atoms with van der Waals surface area (Å²) in [7, 11) is 0. The fourth-order valence-corrected chi connectivity index (χ4v) is 3.65. The number of aromatic nitrogens is 4. The molecule has 27 heavy (non-hydrogen) atoms. The van der Waals surface area contributed by atoms with Crippen molar-refractivity contribution >= 4 is 11.5 Å². The predicted octanol–water partition coefficient (Wildman–Crippen LogP) is 4.03. The number of halogens is 1. The summed E-state index contributed by atoms with van der Waals surface area (Å²) in [6.45, 7) is 0.661. The van der Waals surface area contributed by atoms with Gasteiger partial charge >= 0.3 is 0 Å². The van der Waals surface area contributed by atoms with Crippen molar-refractivity contribution in [2.75, 3.05) is 5.32 Å². The fraction of sp³-hybridized carbons (Fsp3) is 0.190. The lowest BCUT2D eigenvalue weighted by Crippen LogP contribution is -2.10. The van der Waals surface area contributed by atoms with Crippen LogP contribution >= 0.6 is 0 Å². The third kappa shape index (κ3) is 2.93. The molecule has 0 radical (unpaired) electrons. The van der Waals surface area contributed by atoms with Crippen LogP contribution < -0.4 is 5.32 Å². The third-order valence-electron chi connectivity index (χ3n) is 4.93. The van der Waals surface area contributed by atoms with E-state index in [4.69, 9.17) is 10.1 Å². The Morgan fingerprint density at radius 3 is 2.93 bits per heavy atom. The van der Waals surface area contributed by atoms with Crippen LogP contribution in [0.25, 0.3) is 16.9 Å². The maximum absolute atomic E-state index is 13.6. The topological polar surface area (TPSA) is 55.1 Å². The highest BCUT2D eigenvalue weighted by Gasteiger charge is 2.21. The third-order valence-corrected chi connectivity index (χ3v) is 4.93. The highest BCUT2D eigenvalue weighted by Crippen LogP contribution is 2.30. The minimum absolute atomic E-state index is 0.269. The summed E-state index contributed by atoms with van der Waals surface area (Å²) in [4.78, 5) is 8.97. The van der Waals surface area contributed by atoms with Gasteiger partial charge in [-0.25, -0.2) is 9.37 Å². The van der Waals surface area contributed by atoms with Crippen LogP contribution in [0.1, 0.15) is 23.2 Å². The fourth-order valence-electron chi connectivity index (χ4n) is 3.65. The first-order valence-corrected chi connectivity index (χ1v) is 9.08. The van der Waals surface area contributed by atoms with Crippen molar-refractivity contribution in [2.24, 2.45) is 0 Å². The van der Waals surface area contributed by atoms with E-state index in [1.54, 1.807) is 12.3 Å². The Morgan fingerprint density at radius 2 is 2.07 bits per heavy atom. The Labute approximate surface area is 155 Å². The smallest absolute Gasteiger partial charge is 0.158 e. The maximum Gasteiger partial charge on any atom is 0.158 e. The molecule has 6 heteroatoms. The molecule has 0 fully saturated rings. The average Bonchev–Trinajstić information content (AvgIpc) is 3.32. The molecule has 0 bridgehead atoms. The summed E-state index contributed by atoms with van der Waals surface area (Å²) < 4.78 is 15.5. The van der Waals surface area contributed by atoms with E-state index >= 15 is 0 Å². The molecule has 0 saturated heterocycles. The number of nitrogens with one attached hydrogen (secondary N) is 1. The highest BCUT2D eigenvalue weighted by molar-refractivity contribution is 5.67. The zero-order chi connectivity index (χ0) is 18.2. The van der Waals surface area contributed by atoms with E-state index < -0.39 is 0 Å². The van der Waals surface area contributed by atoms with Crippen molar-refractivity contribution in [1.29, 1.82) is 0 Å². The molecule has 5 nitrogen and oxygen atoms in total. The van der Waals surface area contributed by atoms with E-state index in [9.17, 15) is 4.39 Å². The summed E-state index contributed by atoms with van der Waals surface area (Å²) in [6, 6.07) is 12.4. The maximum atomic E-state index is 13.6. The second-order valence-electron chi connectivity index (χ2n) is 6.76. The molecule has 1 aromatic carbocycles. The van der Waals surface area contributed by atoms with Gasteiger partial charge in [0, 0.05) is 41.8 Å². The summed E-state index contributed by atoms with van der Waals surface area (Å²) in [6.07, 6.45) is 6.70. The second-order valence-corrected chi connectivity index (χ2v) is 6.76. The quantitative estimate of drug-likeness (QED) is 0.598. The lowest BCUT2D eigenvalue weighted by molar-refractivity contribution is 0.628. The van der Waals surface area contributed by atoms with Gasteiger partial charge in [0.15, 0.2) is 5.65 Å². The van der Waals surface area contributed by atoms with Gasteiger partial charge in [0.05, 0.1) is 5.69 Å². The van der Waals surface area contributed by atoms with E-state index in [0.717, 1.165) is 53.2 Å².